The van der Waals surface area contributed by atoms with Crippen molar-refractivity contribution in [3.63, 3.8) is 0 Å². The SMILES string of the molecule is CCN(CC)CC1CC(N)CCN1C. The molecule has 3 nitrogen and oxygen atoms in total. The predicted octanol–water partition coefficient (Wildman–Crippen LogP) is 0.750. The normalized spacial score (nSPS) is 29.8. The molecule has 14 heavy (non-hydrogen) atoms. The van der Waals surface area contributed by atoms with Crippen LogP contribution in [-0.2, 0) is 0 Å². The second-order valence-corrected chi connectivity index (χ2v) is 4.40. The number of piperidine rings is 1. The van der Waals surface area contributed by atoms with Gasteiger partial charge >= 0.3 is 0 Å². The maximum absolute atomic E-state index is 6.00. The Kier molecular flexibility index (Phi) is 4.85. The van der Waals surface area contributed by atoms with Crippen LogP contribution in [0, 0.1) is 0 Å². The Balaban J connectivity index is 2.40. The molecule has 0 bridgehead atoms. The summed E-state index contributed by atoms with van der Waals surface area (Å²) >= 11 is 0. The fourth-order valence-corrected chi connectivity index (χ4v) is 2.19. The lowest BCUT2D eigenvalue weighted by atomic mass is 9.98. The number of hydrogen-bond donors (Lipinski definition) is 1. The van der Waals surface area contributed by atoms with Gasteiger partial charge in [-0.2, -0.15) is 0 Å². The number of hydrogen-bond acceptors (Lipinski definition) is 3. The van der Waals surface area contributed by atoms with E-state index in [0.29, 0.717) is 12.1 Å². The molecule has 3 heteroatoms. The van der Waals surface area contributed by atoms with E-state index in [-0.39, 0.29) is 0 Å². The zero-order chi connectivity index (χ0) is 10.6. The van der Waals surface area contributed by atoms with Gasteiger partial charge in [0, 0.05) is 18.6 Å². The summed E-state index contributed by atoms with van der Waals surface area (Å²) in [6.07, 6.45) is 2.32. The molecule has 0 spiro atoms. The highest BCUT2D eigenvalue weighted by molar-refractivity contribution is 4.83. The van der Waals surface area contributed by atoms with Crippen LogP contribution in [0.15, 0.2) is 0 Å². The number of likely N-dealkylation sites (tertiary alicyclic amines) is 1. The lowest BCUT2D eigenvalue weighted by Gasteiger charge is -2.38. The van der Waals surface area contributed by atoms with Gasteiger partial charge in [-0.3, -0.25) is 0 Å². The van der Waals surface area contributed by atoms with Crippen LogP contribution in [0.1, 0.15) is 26.7 Å². The Bertz CT molecular complexity index is 157. The summed E-state index contributed by atoms with van der Waals surface area (Å²) in [5, 5.41) is 0. The smallest absolute Gasteiger partial charge is 0.0234 e. The Morgan fingerprint density at radius 2 is 2.00 bits per heavy atom. The van der Waals surface area contributed by atoms with Crippen molar-refractivity contribution in [2.45, 2.75) is 38.8 Å². The van der Waals surface area contributed by atoms with Gasteiger partial charge in [0.15, 0.2) is 0 Å². The summed E-state index contributed by atoms with van der Waals surface area (Å²) in [6, 6.07) is 1.09. The lowest BCUT2D eigenvalue weighted by molar-refractivity contribution is 0.124. The van der Waals surface area contributed by atoms with Crippen LogP contribution in [-0.4, -0.2) is 55.1 Å². The van der Waals surface area contributed by atoms with Gasteiger partial charge in [0.05, 0.1) is 0 Å². The molecule has 1 fully saturated rings. The molecule has 0 aromatic rings. The summed E-state index contributed by atoms with van der Waals surface area (Å²) in [7, 11) is 2.22. The molecule has 2 unspecified atom stereocenters. The molecule has 1 heterocycles. The molecule has 0 aromatic carbocycles. The van der Waals surface area contributed by atoms with E-state index in [4.69, 9.17) is 5.73 Å². The van der Waals surface area contributed by atoms with Crippen LogP contribution >= 0.6 is 0 Å². The molecular formula is C11H25N3. The van der Waals surface area contributed by atoms with Crippen LogP contribution in [0.5, 0.6) is 0 Å². The molecule has 0 radical (unpaired) electrons. The van der Waals surface area contributed by atoms with E-state index in [2.05, 4.69) is 30.7 Å². The Labute approximate surface area is 88.2 Å². The average molecular weight is 199 g/mol. The van der Waals surface area contributed by atoms with Crippen molar-refractivity contribution < 1.29 is 0 Å². The average Bonchev–Trinajstić information content (AvgIpc) is 2.19. The molecule has 2 N–H and O–H groups in total. The predicted molar refractivity (Wildman–Crippen MR) is 61.4 cm³/mol. The Hall–Kier alpha value is -0.120. The maximum atomic E-state index is 6.00. The van der Waals surface area contributed by atoms with Crippen LogP contribution in [0.2, 0.25) is 0 Å². The summed E-state index contributed by atoms with van der Waals surface area (Å²) in [5.74, 6) is 0. The molecule has 0 saturated carbocycles. The summed E-state index contributed by atoms with van der Waals surface area (Å²) in [6.45, 7) is 9.09. The van der Waals surface area contributed by atoms with Gasteiger partial charge in [-0.05, 0) is 39.5 Å². The minimum absolute atomic E-state index is 0.423. The van der Waals surface area contributed by atoms with Gasteiger partial charge in [0.25, 0.3) is 0 Å². The second-order valence-electron chi connectivity index (χ2n) is 4.40. The van der Waals surface area contributed by atoms with Gasteiger partial charge in [-0.1, -0.05) is 13.8 Å². The van der Waals surface area contributed by atoms with Gasteiger partial charge in [0.1, 0.15) is 0 Å². The van der Waals surface area contributed by atoms with Crippen molar-refractivity contribution in [1.82, 2.24) is 9.80 Å². The highest BCUT2D eigenvalue weighted by atomic mass is 15.2. The third-order valence-electron chi connectivity index (χ3n) is 3.41. The zero-order valence-corrected chi connectivity index (χ0v) is 9.87. The van der Waals surface area contributed by atoms with Crippen molar-refractivity contribution in [3.8, 4) is 0 Å². The van der Waals surface area contributed by atoms with Crippen molar-refractivity contribution in [1.29, 1.82) is 0 Å². The molecule has 1 saturated heterocycles. The molecule has 0 aliphatic carbocycles. The van der Waals surface area contributed by atoms with E-state index in [1.807, 2.05) is 0 Å². The number of nitrogens with two attached hydrogens (primary N) is 1. The highest BCUT2D eigenvalue weighted by Crippen LogP contribution is 2.15. The quantitative estimate of drug-likeness (QED) is 0.725. The summed E-state index contributed by atoms with van der Waals surface area (Å²) in [4.78, 5) is 4.95. The third-order valence-corrected chi connectivity index (χ3v) is 3.41. The standard InChI is InChI=1S/C11H25N3/c1-4-14(5-2)9-11-8-10(12)6-7-13(11)3/h10-11H,4-9,12H2,1-3H3. The monoisotopic (exact) mass is 199 g/mol. The summed E-state index contributed by atoms with van der Waals surface area (Å²) in [5.41, 5.74) is 6.00. The fourth-order valence-electron chi connectivity index (χ4n) is 2.19. The minimum atomic E-state index is 0.423. The molecule has 0 amide bonds. The first-order chi connectivity index (χ1) is 6.67. The zero-order valence-electron chi connectivity index (χ0n) is 9.87. The Morgan fingerprint density at radius 1 is 1.36 bits per heavy atom. The minimum Gasteiger partial charge on any atom is -0.328 e. The maximum Gasteiger partial charge on any atom is 0.0234 e. The Morgan fingerprint density at radius 3 is 2.57 bits per heavy atom. The number of nitrogens with zero attached hydrogens (tertiary/aromatic N) is 2. The first-order valence-corrected chi connectivity index (χ1v) is 5.85. The van der Waals surface area contributed by atoms with Gasteiger partial charge < -0.3 is 15.5 Å². The van der Waals surface area contributed by atoms with Crippen molar-refractivity contribution in [3.05, 3.63) is 0 Å². The first kappa shape index (κ1) is 12.0. The van der Waals surface area contributed by atoms with Crippen LogP contribution in [0.3, 0.4) is 0 Å². The van der Waals surface area contributed by atoms with Crippen molar-refractivity contribution in [2.75, 3.05) is 33.2 Å². The van der Waals surface area contributed by atoms with Crippen LogP contribution in [0.25, 0.3) is 0 Å². The van der Waals surface area contributed by atoms with Crippen LogP contribution in [0.4, 0.5) is 0 Å². The van der Waals surface area contributed by atoms with Crippen LogP contribution < -0.4 is 5.73 Å². The number of likely N-dealkylation sites (N-methyl/N-ethyl adjacent to an activating group) is 2. The topological polar surface area (TPSA) is 32.5 Å². The van der Waals surface area contributed by atoms with Crippen molar-refractivity contribution in [2.24, 2.45) is 5.73 Å². The van der Waals surface area contributed by atoms with E-state index in [1.54, 1.807) is 0 Å². The van der Waals surface area contributed by atoms with Crippen molar-refractivity contribution >= 4 is 0 Å². The van der Waals surface area contributed by atoms with Gasteiger partial charge in [-0.25, -0.2) is 0 Å². The van der Waals surface area contributed by atoms with Gasteiger partial charge in [-0.15, -0.1) is 0 Å². The summed E-state index contributed by atoms with van der Waals surface area (Å²) < 4.78 is 0. The van der Waals surface area contributed by atoms with E-state index in [9.17, 15) is 0 Å². The van der Waals surface area contributed by atoms with E-state index < -0.39 is 0 Å². The second kappa shape index (κ2) is 5.69. The number of rotatable bonds is 4. The molecular weight excluding hydrogens is 174 g/mol. The van der Waals surface area contributed by atoms with E-state index in [1.165, 1.54) is 6.54 Å². The molecule has 84 valence electrons. The lowest BCUT2D eigenvalue weighted by Crippen LogP contribution is -2.50. The van der Waals surface area contributed by atoms with E-state index >= 15 is 0 Å². The largest absolute Gasteiger partial charge is 0.328 e. The highest BCUT2D eigenvalue weighted by Gasteiger charge is 2.24. The molecule has 1 aliphatic rings. The molecule has 1 rings (SSSR count). The fraction of sp³-hybridized carbons (Fsp3) is 1.00. The first-order valence-electron chi connectivity index (χ1n) is 5.85. The molecule has 1 aliphatic heterocycles. The van der Waals surface area contributed by atoms with Gasteiger partial charge in [0.2, 0.25) is 0 Å². The molecule has 0 aromatic heterocycles. The van der Waals surface area contributed by atoms with E-state index in [0.717, 1.165) is 32.5 Å². The molecule has 2 atom stereocenters. The third kappa shape index (κ3) is 3.23.